The first-order chi connectivity index (χ1) is 11.9. The van der Waals surface area contributed by atoms with E-state index in [1.165, 1.54) is 0 Å². The molecule has 0 aliphatic heterocycles. The maximum Gasteiger partial charge on any atom is 0.420 e. The van der Waals surface area contributed by atoms with Crippen molar-refractivity contribution in [2.24, 2.45) is 5.84 Å². The molecule has 0 fully saturated rings. The van der Waals surface area contributed by atoms with Crippen LogP contribution in [-0.4, -0.2) is 6.54 Å². The second-order valence-electron chi connectivity index (χ2n) is 5.61. The fourth-order valence-electron chi connectivity index (χ4n) is 2.50. The van der Waals surface area contributed by atoms with Gasteiger partial charge in [-0.2, -0.15) is 13.2 Å². The number of nitrogens with two attached hydrogens (primary N) is 1. The quantitative estimate of drug-likeness (QED) is 0.315. The van der Waals surface area contributed by atoms with E-state index in [9.17, 15) is 17.6 Å². The van der Waals surface area contributed by atoms with E-state index in [2.05, 4.69) is 5.43 Å². The summed E-state index contributed by atoms with van der Waals surface area (Å²) in [5.74, 6) is 3.89. The number of ether oxygens (including phenoxy) is 1. The number of nitrogens with one attached hydrogen (secondary N) is 1. The summed E-state index contributed by atoms with van der Waals surface area (Å²) < 4.78 is 58.4. The van der Waals surface area contributed by atoms with Crippen molar-refractivity contribution in [3.05, 3.63) is 65.5 Å². The molecule has 7 heteroatoms. The van der Waals surface area contributed by atoms with Gasteiger partial charge in [-0.15, -0.1) is 0 Å². The number of benzene rings is 2. The van der Waals surface area contributed by atoms with E-state index in [1.54, 1.807) is 24.3 Å². The van der Waals surface area contributed by atoms with E-state index < -0.39 is 23.7 Å². The molecule has 3 nitrogen and oxygen atoms in total. The lowest BCUT2D eigenvalue weighted by Gasteiger charge is -2.22. The standard InChI is InChI=1S/C18H20F4N2O/c19-14-9-10-17(15(12-14)18(20,21)22)25-16(8-4-5-11-24-23)13-6-2-1-3-7-13/h1-3,6-7,9-10,12,16,24H,4-5,8,11,23H2. The van der Waals surface area contributed by atoms with Crippen molar-refractivity contribution < 1.29 is 22.3 Å². The molecule has 136 valence electrons. The Hall–Kier alpha value is -2.12. The van der Waals surface area contributed by atoms with Crippen molar-refractivity contribution in [2.75, 3.05) is 6.54 Å². The van der Waals surface area contributed by atoms with Gasteiger partial charge in [-0.1, -0.05) is 30.3 Å². The second kappa shape index (κ2) is 8.82. The highest BCUT2D eigenvalue weighted by Gasteiger charge is 2.35. The zero-order chi connectivity index (χ0) is 18.3. The molecule has 0 saturated heterocycles. The van der Waals surface area contributed by atoms with Crippen LogP contribution in [0.15, 0.2) is 48.5 Å². The van der Waals surface area contributed by atoms with Crippen molar-refractivity contribution in [1.82, 2.24) is 5.43 Å². The average molecular weight is 356 g/mol. The Morgan fingerprint density at radius 2 is 1.76 bits per heavy atom. The number of hydrazine groups is 1. The highest BCUT2D eigenvalue weighted by Crippen LogP contribution is 2.39. The lowest BCUT2D eigenvalue weighted by molar-refractivity contribution is -0.139. The molecule has 25 heavy (non-hydrogen) atoms. The molecule has 2 aromatic rings. The number of halogens is 4. The third-order valence-corrected chi connectivity index (χ3v) is 3.73. The van der Waals surface area contributed by atoms with E-state index in [0.717, 1.165) is 24.1 Å². The molecule has 0 aromatic heterocycles. The molecule has 2 rings (SSSR count). The normalized spacial score (nSPS) is 12.8. The lowest BCUT2D eigenvalue weighted by Crippen LogP contribution is -2.23. The van der Waals surface area contributed by atoms with E-state index >= 15 is 0 Å². The minimum atomic E-state index is -4.69. The Morgan fingerprint density at radius 3 is 2.40 bits per heavy atom. The smallest absolute Gasteiger partial charge is 0.420 e. The Kier molecular flexibility index (Phi) is 6.78. The van der Waals surface area contributed by atoms with Crippen LogP contribution < -0.4 is 16.0 Å². The predicted molar refractivity (Wildman–Crippen MR) is 87.3 cm³/mol. The first kappa shape index (κ1) is 19.2. The number of hydrogen-bond donors (Lipinski definition) is 2. The summed E-state index contributed by atoms with van der Waals surface area (Å²) in [5.41, 5.74) is 2.19. The molecule has 0 radical (unpaired) electrons. The summed E-state index contributed by atoms with van der Waals surface area (Å²) in [6, 6.07) is 11.4. The molecule has 0 heterocycles. The van der Waals surface area contributed by atoms with Gasteiger partial charge in [-0.3, -0.25) is 11.3 Å². The van der Waals surface area contributed by atoms with Crippen molar-refractivity contribution in [2.45, 2.75) is 31.5 Å². The molecule has 0 spiro atoms. The minimum Gasteiger partial charge on any atom is -0.485 e. The predicted octanol–water partition coefficient (Wildman–Crippen LogP) is 4.60. The van der Waals surface area contributed by atoms with Crippen LogP contribution in [0.5, 0.6) is 5.75 Å². The Bertz CT molecular complexity index is 662. The maximum atomic E-state index is 13.3. The third kappa shape index (κ3) is 5.72. The topological polar surface area (TPSA) is 47.3 Å². The van der Waals surface area contributed by atoms with E-state index in [0.29, 0.717) is 25.5 Å². The van der Waals surface area contributed by atoms with Crippen molar-refractivity contribution in [1.29, 1.82) is 0 Å². The third-order valence-electron chi connectivity index (χ3n) is 3.73. The van der Waals surface area contributed by atoms with E-state index in [-0.39, 0.29) is 5.75 Å². The van der Waals surface area contributed by atoms with Gasteiger partial charge in [-0.25, -0.2) is 4.39 Å². The average Bonchev–Trinajstić information content (AvgIpc) is 2.58. The summed E-state index contributed by atoms with van der Waals surface area (Å²) in [6.07, 6.45) is -3.27. The fraction of sp³-hybridized carbons (Fsp3) is 0.333. The zero-order valence-corrected chi connectivity index (χ0v) is 13.5. The van der Waals surface area contributed by atoms with Gasteiger partial charge in [0.1, 0.15) is 23.2 Å². The summed E-state index contributed by atoms with van der Waals surface area (Å²) in [4.78, 5) is 0. The summed E-state index contributed by atoms with van der Waals surface area (Å²) in [5, 5.41) is 0. The molecular weight excluding hydrogens is 336 g/mol. The van der Waals surface area contributed by atoms with Crippen LogP contribution in [0.25, 0.3) is 0 Å². The van der Waals surface area contributed by atoms with E-state index in [4.69, 9.17) is 10.6 Å². The van der Waals surface area contributed by atoms with Gasteiger partial charge >= 0.3 is 6.18 Å². The van der Waals surface area contributed by atoms with Gasteiger partial charge < -0.3 is 4.74 Å². The monoisotopic (exact) mass is 356 g/mol. The number of hydrogen-bond acceptors (Lipinski definition) is 3. The van der Waals surface area contributed by atoms with Crippen LogP contribution in [0.4, 0.5) is 17.6 Å². The zero-order valence-electron chi connectivity index (χ0n) is 13.5. The van der Waals surface area contributed by atoms with Crippen LogP contribution in [0.1, 0.15) is 36.5 Å². The summed E-state index contributed by atoms with van der Waals surface area (Å²) in [7, 11) is 0. The minimum absolute atomic E-state index is 0.375. The van der Waals surface area contributed by atoms with E-state index in [1.807, 2.05) is 6.07 Å². The molecule has 0 aliphatic rings. The molecule has 1 atom stereocenters. The molecule has 3 N–H and O–H groups in total. The van der Waals surface area contributed by atoms with Crippen molar-refractivity contribution in [3.63, 3.8) is 0 Å². The molecule has 0 bridgehead atoms. The molecular formula is C18H20F4N2O. The van der Waals surface area contributed by atoms with Gasteiger partial charge in [0, 0.05) is 6.54 Å². The summed E-state index contributed by atoms with van der Waals surface area (Å²) in [6.45, 7) is 0.603. The van der Waals surface area contributed by atoms with Gasteiger partial charge in [0.25, 0.3) is 0 Å². The Balaban J connectivity index is 2.24. The molecule has 0 amide bonds. The fourth-order valence-corrected chi connectivity index (χ4v) is 2.50. The van der Waals surface area contributed by atoms with Crippen LogP contribution in [0.3, 0.4) is 0 Å². The second-order valence-corrected chi connectivity index (χ2v) is 5.61. The number of rotatable bonds is 8. The van der Waals surface area contributed by atoms with Crippen LogP contribution in [0, 0.1) is 5.82 Å². The Labute approximate surface area is 143 Å². The first-order valence-electron chi connectivity index (χ1n) is 7.93. The van der Waals surface area contributed by atoms with Gasteiger partial charge in [0.15, 0.2) is 0 Å². The highest BCUT2D eigenvalue weighted by atomic mass is 19.4. The SMILES string of the molecule is NNCCCCC(Oc1ccc(F)cc1C(F)(F)F)c1ccccc1. The van der Waals surface area contributed by atoms with Crippen LogP contribution >= 0.6 is 0 Å². The molecule has 2 aromatic carbocycles. The molecule has 0 saturated carbocycles. The van der Waals surface area contributed by atoms with Crippen LogP contribution in [0.2, 0.25) is 0 Å². The largest absolute Gasteiger partial charge is 0.485 e. The molecule has 1 unspecified atom stereocenters. The highest BCUT2D eigenvalue weighted by molar-refractivity contribution is 5.37. The lowest BCUT2D eigenvalue weighted by atomic mass is 10.0. The number of alkyl halides is 3. The summed E-state index contributed by atoms with van der Waals surface area (Å²) >= 11 is 0. The maximum absolute atomic E-state index is 13.3. The van der Waals surface area contributed by atoms with Gasteiger partial charge in [0.05, 0.1) is 0 Å². The van der Waals surface area contributed by atoms with Crippen molar-refractivity contribution >= 4 is 0 Å². The Morgan fingerprint density at radius 1 is 1.04 bits per heavy atom. The molecule has 0 aliphatic carbocycles. The van der Waals surface area contributed by atoms with Gasteiger partial charge in [-0.05, 0) is 43.0 Å². The number of unbranched alkanes of at least 4 members (excludes halogenated alkanes) is 1. The van der Waals surface area contributed by atoms with Crippen molar-refractivity contribution in [3.8, 4) is 5.75 Å². The van der Waals surface area contributed by atoms with Gasteiger partial charge in [0.2, 0.25) is 0 Å². The van der Waals surface area contributed by atoms with Crippen LogP contribution in [-0.2, 0) is 6.18 Å². The first-order valence-corrected chi connectivity index (χ1v) is 7.93.